The zero-order valence-electron chi connectivity index (χ0n) is 16.0. The van der Waals surface area contributed by atoms with Crippen molar-refractivity contribution in [3.05, 3.63) is 40.2 Å². The summed E-state index contributed by atoms with van der Waals surface area (Å²) in [6.45, 7) is 1.89. The molecule has 2 aromatic rings. The molecule has 0 radical (unpaired) electrons. The average Bonchev–Trinajstić information content (AvgIpc) is 3.07. The molecule has 4 saturated carbocycles. The molecule has 4 fully saturated rings. The van der Waals surface area contributed by atoms with Gasteiger partial charge in [-0.25, -0.2) is 4.98 Å². The van der Waals surface area contributed by atoms with Crippen molar-refractivity contribution in [1.82, 2.24) is 15.8 Å². The van der Waals surface area contributed by atoms with Gasteiger partial charge in [0, 0.05) is 5.56 Å². The second-order valence-corrected chi connectivity index (χ2v) is 10.1. The lowest BCUT2D eigenvalue weighted by atomic mass is 9.49. The fourth-order valence-electron chi connectivity index (χ4n) is 6.06. The van der Waals surface area contributed by atoms with Crippen LogP contribution in [-0.2, 0) is 4.79 Å². The molecule has 28 heavy (non-hydrogen) atoms. The van der Waals surface area contributed by atoms with Crippen molar-refractivity contribution in [2.75, 3.05) is 0 Å². The number of aryl methyl sites for hydroxylation is 1. The van der Waals surface area contributed by atoms with Gasteiger partial charge < -0.3 is 0 Å². The topological polar surface area (TPSA) is 71.1 Å². The fourth-order valence-corrected chi connectivity index (χ4v) is 6.90. The first kappa shape index (κ1) is 17.9. The first-order valence-corrected chi connectivity index (χ1v) is 11.0. The van der Waals surface area contributed by atoms with Gasteiger partial charge in [-0.1, -0.05) is 30.3 Å². The molecule has 6 heteroatoms. The highest BCUT2D eigenvalue weighted by Gasteiger charge is 2.54. The van der Waals surface area contributed by atoms with Crippen molar-refractivity contribution in [3.8, 4) is 11.3 Å². The summed E-state index contributed by atoms with van der Waals surface area (Å²) in [7, 11) is 0. The van der Waals surface area contributed by atoms with E-state index in [1.165, 1.54) is 30.6 Å². The van der Waals surface area contributed by atoms with E-state index in [1.807, 2.05) is 37.3 Å². The van der Waals surface area contributed by atoms with Gasteiger partial charge in [0.05, 0.1) is 16.1 Å². The number of carbonyl (C=O) groups excluding carboxylic acids is 2. The van der Waals surface area contributed by atoms with Gasteiger partial charge in [-0.15, -0.1) is 11.3 Å². The third-order valence-corrected chi connectivity index (χ3v) is 7.77. The quantitative estimate of drug-likeness (QED) is 0.769. The molecule has 0 aliphatic heterocycles. The molecule has 0 spiro atoms. The van der Waals surface area contributed by atoms with Crippen molar-refractivity contribution < 1.29 is 9.59 Å². The molecule has 4 aliphatic carbocycles. The predicted octanol–water partition coefficient (Wildman–Crippen LogP) is 4.10. The van der Waals surface area contributed by atoms with Crippen molar-refractivity contribution in [1.29, 1.82) is 0 Å². The number of amides is 2. The number of nitrogens with zero attached hydrogens (tertiary/aromatic N) is 1. The van der Waals surface area contributed by atoms with E-state index >= 15 is 0 Å². The Hall–Kier alpha value is -2.21. The molecule has 4 aliphatic rings. The number of aromatic nitrogens is 1. The molecule has 1 heterocycles. The van der Waals surface area contributed by atoms with Crippen LogP contribution < -0.4 is 10.9 Å². The Morgan fingerprint density at radius 1 is 1.00 bits per heavy atom. The summed E-state index contributed by atoms with van der Waals surface area (Å²) in [6.07, 6.45) is 6.82. The van der Waals surface area contributed by atoms with Crippen LogP contribution in [0.15, 0.2) is 30.3 Å². The highest BCUT2D eigenvalue weighted by atomic mass is 32.1. The standard InChI is InChI=1S/C22H25N3O2S/c1-13-23-18(17-5-3-2-4-6-17)19(28-13)20(26)24-25-21(27)22-10-14-7-15(11-22)9-16(8-14)12-22/h2-6,14-16H,7-12H2,1H3,(H,24,26)(H,25,27). The average molecular weight is 396 g/mol. The van der Waals surface area contributed by atoms with Crippen molar-refractivity contribution >= 4 is 23.2 Å². The normalized spacial score (nSPS) is 30.2. The van der Waals surface area contributed by atoms with E-state index in [0.29, 0.717) is 28.3 Å². The number of rotatable bonds is 3. The minimum Gasteiger partial charge on any atom is -0.273 e. The van der Waals surface area contributed by atoms with E-state index in [4.69, 9.17) is 0 Å². The number of thiazole rings is 1. The summed E-state index contributed by atoms with van der Waals surface area (Å²) in [5.41, 5.74) is 6.75. The molecule has 6 rings (SSSR count). The van der Waals surface area contributed by atoms with Gasteiger partial charge in [0.1, 0.15) is 4.88 Å². The number of hydrogen-bond acceptors (Lipinski definition) is 4. The van der Waals surface area contributed by atoms with Crippen LogP contribution in [0.1, 0.15) is 53.2 Å². The molecule has 0 saturated heterocycles. The van der Waals surface area contributed by atoms with E-state index in [-0.39, 0.29) is 17.2 Å². The summed E-state index contributed by atoms with van der Waals surface area (Å²) in [5, 5.41) is 0.830. The number of nitrogens with one attached hydrogen (secondary N) is 2. The Labute approximate surface area is 168 Å². The molecule has 0 atom stereocenters. The molecule has 4 bridgehead atoms. The lowest BCUT2D eigenvalue weighted by Crippen LogP contribution is -2.56. The van der Waals surface area contributed by atoms with E-state index in [1.54, 1.807) is 0 Å². The number of benzene rings is 1. The number of carbonyl (C=O) groups is 2. The zero-order valence-corrected chi connectivity index (χ0v) is 16.8. The van der Waals surface area contributed by atoms with Crippen LogP contribution >= 0.6 is 11.3 Å². The predicted molar refractivity (Wildman–Crippen MR) is 109 cm³/mol. The summed E-state index contributed by atoms with van der Waals surface area (Å²) in [4.78, 5) is 30.9. The second-order valence-electron chi connectivity index (χ2n) is 8.88. The van der Waals surface area contributed by atoms with Crippen LogP contribution in [0.3, 0.4) is 0 Å². The Bertz CT molecular complexity index is 886. The third kappa shape index (κ3) is 3.04. The maximum absolute atomic E-state index is 13.1. The van der Waals surface area contributed by atoms with Gasteiger partial charge in [-0.2, -0.15) is 0 Å². The van der Waals surface area contributed by atoms with Crippen LogP contribution in [0.2, 0.25) is 0 Å². The van der Waals surface area contributed by atoms with Crippen molar-refractivity contribution in [3.63, 3.8) is 0 Å². The Balaban J connectivity index is 1.30. The molecule has 1 aromatic heterocycles. The first-order chi connectivity index (χ1) is 13.5. The minimum atomic E-state index is -0.289. The molecule has 2 amide bonds. The van der Waals surface area contributed by atoms with Gasteiger partial charge in [-0.3, -0.25) is 20.4 Å². The summed E-state index contributed by atoms with van der Waals surface area (Å²) in [5.74, 6) is 1.80. The minimum absolute atomic E-state index is 0.00227. The van der Waals surface area contributed by atoms with Crippen LogP contribution in [0.25, 0.3) is 11.3 Å². The lowest BCUT2D eigenvalue weighted by molar-refractivity contribution is -0.147. The maximum Gasteiger partial charge on any atom is 0.282 e. The van der Waals surface area contributed by atoms with E-state index < -0.39 is 0 Å². The molecule has 0 unspecified atom stereocenters. The SMILES string of the molecule is Cc1nc(-c2ccccc2)c(C(=O)NNC(=O)C23CC4CC(CC(C4)C2)C3)s1. The second kappa shape index (κ2) is 6.69. The summed E-state index contributed by atoms with van der Waals surface area (Å²) < 4.78 is 0. The summed E-state index contributed by atoms with van der Waals surface area (Å²) >= 11 is 1.35. The molecule has 146 valence electrons. The third-order valence-electron chi connectivity index (χ3n) is 6.80. The van der Waals surface area contributed by atoms with Crippen molar-refractivity contribution in [2.24, 2.45) is 23.2 Å². The number of hydrogen-bond donors (Lipinski definition) is 2. The molecule has 5 nitrogen and oxygen atoms in total. The maximum atomic E-state index is 13.1. The van der Waals surface area contributed by atoms with Gasteiger partial charge in [-0.05, 0) is 63.2 Å². The number of hydrazine groups is 1. The van der Waals surface area contributed by atoms with Crippen LogP contribution in [-0.4, -0.2) is 16.8 Å². The van der Waals surface area contributed by atoms with Gasteiger partial charge in [0.15, 0.2) is 0 Å². The Kier molecular flexibility index (Phi) is 4.27. The molecular weight excluding hydrogens is 370 g/mol. The van der Waals surface area contributed by atoms with E-state index in [0.717, 1.165) is 29.8 Å². The van der Waals surface area contributed by atoms with Gasteiger partial charge in [0.25, 0.3) is 5.91 Å². The molecule has 2 N–H and O–H groups in total. The monoisotopic (exact) mass is 395 g/mol. The van der Waals surface area contributed by atoms with Gasteiger partial charge in [0.2, 0.25) is 5.91 Å². The van der Waals surface area contributed by atoms with E-state index in [9.17, 15) is 9.59 Å². The largest absolute Gasteiger partial charge is 0.282 e. The van der Waals surface area contributed by atoms with Crippen LogP contribution in [0.4, 0.5) is 0 Å². The molecule has 1 aromatic carbocycles. The van der Waals surface area contributed by atoms with Crippen LogP contribution in [0.5, 0.6) is 0 Å². The van der Waals surface area contributed by atoms with Crippen molar-refractivity contribution in [2.45, 2.75) is 45.4 Å². The smallest absolute Gasteiger partial charge is 0.273 e. The Morgan fingerprint density at radius 3 is 2.21 bits per heavy atom. The Morgan fingerprint density at radius 2 is 1.61 bits per heavy atom. The highest BCUT2D eigenvalue weighted by molar-refractivity contribution is 7.14. The van der Waals surface area contributed by atoms with E-state index in [2.05, 4.69) is 15.8 Å². The summed E-state index contributed by atoms with van der Waals surface area (Å²) in [6, 6.07) is 9.69. The van der Waals surface area contributed by atoms with Crippen LogP contribution in [0, 0.1) is 30.1 Å². The fraction of sp³-hybridized carbons (Fsp3) is 0.500. The first-order valence-electron chi connectivity index (χ1n) is 10.2. The van der Waals surface area contributed by atoms with Gasteiger partial charge >= 0.3 is 0 Å². The molecular formula is C22H25N3O2S. The zero-order chi connectivity index (χ0) is 19.3. The lowest BCUT2D eigenvalue weighted by Gasteiger charge is -2.55. The highest BCUT2D eigenvalue weighted by Crippen LogP contribution is 2.60.